The van der Waals surface area contributed by atoms with Crippen molar-refractivity contribution in [1.29, 1.82) is 0 Å². The highest BCUT2D eigenvalue weighted by atomic mass is 35.5. The molecule has 1 fully saturated rings. The minimum Gasteiger partial charge on any atom is -0.378 e. The molecule has 7 heteroatoms. The summed E-state index contributed by atoms with van der Waals surface area (Å²) in [5, 5.41) is 0.132. The molecule has 0 spiro atoms. The molecule has 0 amide bonds. The zero-order chi connectivity index (χ0) is 16.2. The molecule has 0 aliphatic carbocycles. The van der Waals surface area contributed by atoms with E-state index in [0.29, 0.717) is 25.7 Å². The van der Waals surface area contributed by atoms with Crippen molar-refractivity contribution in [3.8, 4) is 0 Å². The summed E-state index contributed by atoms with van der Waals surface area (Å²) in [4.78, 5) is 13.0. The van der Waals surface area contributed by atoms with Crippen LogP contribution in [0.2, 0.25) is 5.02 Å². The van der Waals surface area contributed by atoms with Gasteiger partial charge in [0, 0.05) is 32.9 Å². The van der Waals surface area contributed by atoms with E-state index in [9.17, 15) is 4.39 Å². The third-order valence-electron chi connectivity index (χ3n) is 3.72. The van der Waals surface area contributed by atoms with Crippen LogP contribution < -0.4 is 9.80 Å². The first-order valence-electron chi connectivity index (χ1n) is 7.44. The molecule has 1 aliphatic heterocycles. The van der Waals surface area contributed by atoms with E-state index in [1.165, 1.54) is 6.07 Å². The van der Waals surface area contributed by atoms with Crippen LogP contribution in [-0.2, 0) is 11.3 Å². The predicted molar refractivity (Wildman–Crippen MR) is 88.6 cm³/mol. The summed E-state index contributed by atoms with van der Waals surface area (Å²) < 4.78 is 18.9. The van der Waals surface area contributed by atoms with Crippen molar-refractivity contribution in [2.75, 3.05) is 43.2 Å². The third-order valence-corrected chi connectivity index (χ3v) is 4.02. The first kappa shape index (κ1) is 16.0. The van der Waals surface area contributed by atoms with Crippen LogP contribution in [0.15, 0.2) is 30.5 Å². The Morgan fingerprint density at radius 3 is 2.83 bits per heavy atom. The molecule has 1 aromatic carbocycles. The van der Waals surface area contributed by atoms with Gasteiger partial charge in [0.2, 0.25) is 5.95 Å². The fraction of sp³-hybridized carbons (Fsp3) is 0.375. The van der Waals surface area contributed by atoms with Crippen LogP contribution in [-0.4, -0.2) is 43.3 Å². The smallest absolute Gasteiger partial charge is 0.227 e. The summed E-state index contributed by atoms with van der Waals surface area (Å²) in [6, 6.07) is 6.67. The minimum absolute atomic E-state index is 0.132. The lowest BCUT2D eigenvalue weighted by Crippen LogP contribution is -2.37. The lowest BCUT2D eigenvalue weighted by atomic mass is 10.2. The molecule has 0 saturated carbocycles. The molecule has 1 aromatic heterocycles. The van der Waals surface area contributed by atoms with Crippen LogP contribution in [0.3, 0.4) is 0 Å². The van der Waals surface area contributed by atoms with Crippen LogP contribution in [0.4, 0.5) is 16.2 Å². The first-order chi connectivity index (χ1) is 11.1. The highest BCUT2D eigenvalue weighted by molar-refractivity contribution is 6.30. The maximum atomic E-state index is 13.5. The zero-order valence-corrected chi connectivity index (χ0v) is 13.6. The van der Waals surface area contributed by atoms with E-state index in [4.69, 9.17) is 16.3 Å². The summed E-state index contributed by atoms with van der Waals surface area (Å²) in [7, 11) is 1.91. The number of benzene rings is 1. The molecule has 23 heavy (non-hydrogen) atoms. The fourth-order valence-electron chi connectivity index (χ4n) is 2.46. The van der Waals surface area contributed by atoms with E-state index in [0.717, 1.165) is 24.5 Å². The second-order valence-corrected chi connectivity index (χ2v) is 5.83. The van der Waals surface area contributed by atoms with Gasteiger partial charge in [-0.2, -0.15) is 4.98 Å². The van der Waals surface area contributed by atoms with Gasteiger partial charge in [0.15, 0.2) is 0 Å². The van der Waals surface area contributed by atoms with E-state index in [1.54, 1.807) is 12.3 Å². The number of ether oxygens (including phenoxy) is 1. The van der Waals surface area contributed by atoms with Crippen LogP contribution in [0.1, 0.15) is 5.56 Å². The Balaban J connectivity index is 1.73. The first-order valence-corrected chi connectivity index (χ1v) is 7.82. The van der Waals surface area contributed by atoms with Crippen molar-refractivity contribution in [1.82, 2.24) is 9.97 Å². The lowest BCUT2D eigenvalue weighted by molar-refractivity contribution is 0.122. The Bertz CT molecular complexity index is 679. The summed E-state index contributed by atoms with van der Waals surface area (Å²) in [5.41, 5.74) is 0.834. The normalized spacial score (nSPS) is 14.8. The number of halogens is 2. The molecule has 3 rings (SSSR count). The number of aromatic nitrogens is 2. The molecule has 2 aromatic rings. The van der Waals surface area contributed by atoms with E-state index >= 15 is 0 Å². The average Bonchev–Trinajstić information content (AvgIpc) is 2.59. The maximum Gasteiger partial charge on any atom is 0.227 e. The molecule has 5 nitrogen and oxygen atoms in total. The van der Waals surface area contributed by atoms with Crippen molar-refractivity contribution in [3.63, 3.8) is 0 Å². The fourth-order valence-corrected chi connectivity index (χ4v) is 2.58. The summed E-state index contributed by atoms with van der Waals surface area (Å²) in [6.45, 7) is 3.49. The molecule has 2 heterocycles. The molecular weight excluding hydrogens is 319 g/mol. The molecule has 0 unspecified atom stereocenters. The molecule has 1 saturated heterocycles. The quantitative estimate of drug-likeness (QED) is 0.858. The lowest BCUT2D eigenvalue weighted by Gasteiger charge is -2.27. The van der Waals surface area contributed by atoms with Crippen molar-refractivity contribution in [2.24, 2.45) is 0 Å². The van der Waals surface area contributed by atoms with E-state index in [2.05, 4.69) is 14.9 Å². The predicted octanol–water partition coefficient (Wildman–Crippen LogP) is 2.74. The number of nitrogens with zero attached hydrogens (tertiary/aromatic N) is 4. The van der Waals surface area contributed by atoms with Gasteiger partial charge in [0.25, 0.3) is 0 Å². The monoisotopic (exact) mass is 336 g/mol. The Morgan fingerprint density at radius 1 is 1.30 bits per heavy atom. The van der Waals surface area contributed by atoms with Crippen molar-refractivity contribution < 1.29 is 9.13 Å². The van der Waals surface area contributed by atoms with Crippen LogP contribution in [0, 0.1) is 5.82 Å². The van der Waals surface area contributed by atoms with Crippen molar-refractivity contribution in [2.45, 2.75) is 6.54 Å². The second kappa shape index (κ2) is 7.10. The van der Waals surface area contributed by atoms with E-state index in [-0.39, 0.29) is 5.02 Å². The van der Waals surface area contributed by atoms with Crippen LogP contribution in [0.5, 0.6) is 0 Å². The van der Waals surface area contributed by atoms with Crippen molar-refractivity contribution >= 4 is 23.4 Å². The molecule has 0 N–H and O–H groups in total. The van der Waals surface area contributed by atoms with Gasteiger partial charge < -0.3 is 14.5 Å². The molecule has 0 bridgehead atoms. The Kier molecular flexibility index (Phi) is 4.93. The molecule has 0 atom stereocenters. The largest absolute Gasteiger partial charge is 0.378 e. The van der Waals surface area contributed by atoms with Gasteiger partial charge in [-0.25, -0.2) is 9.37 Å². The molecule has 122 valence electrons. The molecule has 0 radical (unpaired) electrons. The minimum atomic E-state index is -0.408. The number of rotatable bonds is 4. The molecular formula is C16H18ClFN4O. The van der Waals surface area contributed by atoms with Gasteiger partial charge in [0.05, 0.1) is 18.2 Å². The topological polar surface area (TPSA) is 41.5 Å². The van der Waals surface area contributed by atoms with Crippen molar-refractivity contribution in [3.05, 3.63) is 46.9 Å². The Hall–Kier alpha value is -1.92. The zero-order valence-electron chi connectivity index (χ0n) is 12.9. The highest BCUT2D eigenvalue weighted by Gasteiger charge is 2.15. The maximum absolute atomic E-state index is 13.5. The van der Waals surface area contributed by atoms with Gasteiger partial charge in [-0.1, -0.05) is 17.7 Å². The van der Waals surface area contributed by atoms with Gasteiger partial charge in [-0.3, -0.25) is 0 Å². The number of hydrogen-bond donors (Lipinski definition) is 0. The highest BCUT2D eigenvalue weighted by Crippen LogP contribution is 2.20. The van der Waals surface area contributed by atoms with Gasteiger partial charge >= 0.3 is 0 Å². The SMILES string of the molecule is CN(Cc1ccc(Cl)c(F)c1)c1ccnc(N2CCOCC2)n1. The Labute approximate surface area is 139 Å². The van der Waals surface area contributed by atoms with Gasteiger partial charge in [-0.05, 0) is 23.8 Å². The Morgan fingerprint density at radius 2 is 2.09 bits per heavy atom. The van der Waals surface area contributed by atoms with Crippen LogP contribution >= 0.6 is 11.6 Å². The van der Waals surface area contributed by atoms with Crippen LogP contribution in [0.25, 0.3) is 0 Å². The second-order valence-electron chi connectivity index (χ2n) is 5.42. The van der Waals surface area contributed by atoms with E-state index in [1.807, 2.05) is 24.1 Å². The standard InChI is InChI=1S/C16H18ClFN4O/c1-21(11-12-2-3-13(17)14(18)10-12)15-4-5-19-16(20-15)22-6-8-23-9-7-22/h2-5,10H,6-9,11H2,1H3. The summed E-state index contributed by atoms with van der Waals surface area (Å²) in [5.74, 6) is 1.08. The summed E-state index contributed by atoms with van der Waals surface area (Å²) in [6.07, 6.45) is 1.74. The van der Waals surface area contributed by atoms with Gasteiger partial charge in [0.1, 0.15) is 11.6 Å². The number of anilines is 2. The average molecular weight is 337 g/mol. The third kappa shape index (κ3) is 3.89. The summed E-state index contributed by atoms with van der Waals surface area (Å²) >= 11 is 5.72. The van der Waals surface area contributed by atoms with Gasteiger partial charge in [-0.15, -0.1) is 0 Å². The molecule has 1 aliphatic rings. The van der Waals surface area contributed by atoms with E-state index < -0.39 is 5.82 Å². The number of hydrogen-bond acceptors (Lipinski definition) is 5. The number of morpholine rings is 1.